The van der Waals surface area contributed by atoms with Crippen LogP contribution in [-0.4, -0.2) is 42.1 Å². The summed E-state index contributed by atoms with van der Waals surface area (Å²) in [4.78, 5) is 29.1. The van der Waals surface area contributed by atoms with Gasteiger partial charge in [0, 0.05) is 33.8 Å². The van der Waals surface area contributed by atoms with Crippen LogP contribution in [-0.2, 0) is 5.41 Å². The molecular weight excluding hydrogens is 456 g/mol. The summed E-state index contributed by atoms with van der Waals surface area (Å²) >= 11 is 0. The summed E-state index contributed by atoms with van der Waals surface area (Å²) in [6, 6.07) is 12.0. The highest BCUT2D eigenvalue weighted by Gasteiger charge is 2.39. The predicted molar refractivity (Wildman–Crippen MR) is 138 cm³/mol. The molecule has 0 atom stereocenters. The van der Waals surface area contributed by atoms with Crippen molar-refractivity contribution in [2.75, 3.05) is 5.32 Å². The third kappa shape index (κ3) is 3.55. The van der Waals surface area contributed by atoms with Crippen molar-refractivity contribution in [3.63, 3.8) is 0 Å². The molecule has 9 heteroatoms. The Morgan fingerprint density at radius 1 is 1.11 bits per heavy atom. The van der Waals surface area contributed by atoms with Crippen molar-refractivity contribution in [1.29, 1.82) is 0 Å². The molecule has 1 amide bonds. The van der Waals surface area contributed by atoms with Crippen LogP contribution in [0.3, 0.4) is 0 Å². The van der Waals surface area contributed by atoms with Gasteiger partial charge in [0.2, 0.25) is 0 Å². The van der Waals surface area contributed by atoms with Crippen LogP contribution >= 0.6 is 0 Å². The van der Waals surface area contributed by atoms with Gasteiger partial charge in [0.05, 0.1) is 34.4 Å². The van der Waals surface area contributed by atoms with Crippen molar-refractivity contribution in [3.8, 4) is 11.1 Å². The molecule has 1 fully saturated rings. The Kier molecular flexibility index (Phi) is 4.79. The van der Waals surface area contributed by atoms with E-state index in [4.69, 9.17) is 0 Å². The molecule has 0 bridgehead atoms. The van der Waals surface area contributed by atoms with Crippen LogP contribution in [0.25, 0.3) is 32.9 Å². The van der Waals surface area contributed by atoms with Crippen molar-refractivity contribution in [2.45, 2.75) is 44.9 Å². The van der Waals surface area contributed by atoms with E-state index in [0.29, 0.717) is 22.6 Å². The SMILES string of the molecule is CC(C)(C)c1c(C(=O)Nc2cc(-c3cccc4[nH]ccc34)cc3[nH]ncc23)c(C2CC2)nn1C(=O)O. The lowest BCUT2D eigenvalue weighted by Gasteiger charge is -2.21. The lowest BCUT2D eigenvalue weighted by atomic mass is 9.87. The van der Waals surface area contributed by atoms with E-state index in [1.165, 1.54) is 0 Å². The van der Waals surface area contributed by atoms with E-state index in [1.54, 1.807) is 6.20 Å². The lowest BCUT2D eigenvalue weighted by Crippen LogP contribution is -2.26. The summed E-state index contributed by atoms with van der Waals surface area (Å²) in [7, 11) is 0. The molecule has 3 heterocycles. The molecule has 0 saturated heterocycles. The first-order valence-corrected chi connectivity index (χ1v) is 11.9. The first-order valence-electron chi connectivity index (χ1n) is 11.9. The van der Waals surface area contributed by atoms with Gasteiger partial charge in [-0.1, -0.05) is 32.9 Å². The Hall–Kier alpha value is -4.40. The fourth-order valence-electron chi connectivity index (χ4n) is 4.96. The number of hydrogen-bond donors (Lipinski definition) is 4. The number of aromatic nitrogens is 5. The van der Waals surface area contributed by atoms with Gasteiger partial charge in [-0.05, 0) is 48.2 Å². The summed E-state index contributed by atoms with van der Waals surface area (Å²) in [6.07, 6.45) is 4.17. The largest absolute Gasteiger partial charge is 0.463 e. The van der Waals surface area contributed by atoms with Crippen LogP contribution in [0, 0.1) is 0 Å². The second-order valence-electron chi connectivity index (χ2n) is 10.4. The van der Waals surface area contributed by atoms with Crippen LogP contribution in [0.15, 0.2) is 48.8 Å². The zero-order valence-corrected chi connectivity index (χ0v) is 20.2. The molecule has 9 nitrogen and oxygen atoms in total. The van der Waals surface area contributed by atoms with Gasteiger partial charge in [-0.25, -0.2) is 4.79 Å². The number of aromatic amines is 2. The first kappa shape index (κ1) is 22.1. The number of H-pyrrole nitrogens is 2. The highest BCUT2D eigenvalue weighted by Crippen LogP contribution is 2.44. The zero-order valence-electron chi connectivity index (χ0n) is 20.2. The predicted octanol–water partition coefficient (Wildman–Crippen LogP) is 5.86. The monoisotopic (exact) mass is 482 g/mol. The van der Waals surface area contributed by atoms with Gasteiger partial charge in [-0.2, -0.15) is 14.9 Å². The number of carbonyl (C=O) groups is 2. The standard InChI is InChI=1S/C27H26N6O3/c1-27(2,3)24-22(23(14-7-8-14)32-33(24)26(35)36)25(34)30-20-11-15(12-21-18(20)13-29-31-21)16-5-4-6-19-17(16)9-10-28-19/h4-6,9-14,28H,7-8H2,1-3H3,(H,29,31)(H,30,34)(H,35,36). The number of carbonyl (C=O) groups excluding carboxylic acids is 1. The van der Waals surface area contributed by atoms with Crippen LogP contribution in [0.2, 0.25) is 0 Å². The fourth-order valence-corrected chi connectivity index (χ4v) is 4.96. The van der Waals surface area contributed by atoms with Crippen molar-refractivity contribution in [2.24, 2.45) is 0 Å². The maximum Gasteiger partial charge on any atom is 0.432 e. The number of amides is 1. The van der Waals surface area contributed by atoms with Crippen LogP contribution < -0.4 is 5.32 Å². The number of nitrogens with one attached hydrogen (secondary N) is 3. The quantitative estimate of drug-likeness (QED) is 0.255. The Morgan fingerprint density at radius 3 is 2.64 bits per heavy atom. The molecule has 36 heavy (non-hydrogen) atoms. The topological polar surface area (TPSA) is 129 Å². The van der Waals surface area contributed by atoms with Gasteiger partial charge in [0.1, 0.15) is 0 Å². The molecule has 1 aliphatic carbocycles. The van der Waals surface area contributed by atoms with Gasteiger partial charge in [-0.3, -0.25) is 9.89 Å². The molecule has 0 radical (unpaired) electrons. The molecule has 2 aromatic carbocycles. The molecule has 4 N–H and O–H groups in total. The van der Waals surface area contributed by atoms with Gasteiger partial charge in [-0.15, -0.1) is 0 Å². The summed E-state index contributed by atoms with van der Waals surface area (Å²) in [5, 5.41) is 26.3. The molecular formula is C27H26N6O3. The Balaban J connectivity index is 1.49. The minimum absolute atomic E-state index is 0.0962. The Morgan fingerprint density at radius 2 is 1.92 bits per heavy atom. The van der Waals surface area contributed by atoms with Gasteiger partial charge >= 0.3 is 6.09 Å². The number of anilines is 1. The molecule has 5 aromatic rings. The van der Waals surface area contributed by atoms with Gasteiger partial charge in [0.15, 0.2) is 0 Å². The normalized spacial score (nSPS) is 14.0. The Bertz CT molecular complexity index is 1660. The van der Waals surface area contributed by atoms with E-state index in [9.17, 15) is 14.7 Å². The van der Waals surface area contributed by atoms with Crippen LogP contribution in [0.1, 0.15) is 61.3 Å². The van der Waals surface area contributed by atoms with E-state index < -0.39 is 11.5 Å². The number of rotatable bonds is 4. The number of fused-ring (bicyclic) bond motifs is 2. The van der Waals surface area contributed by atoms with Gasteiger partial charge < -0.3 is 15.4 Å². The average molecular weight is 483 g/mol. The van der Waals surface area contributed by atoms with Crippen LogP contribution in [0.4, 0.5) is 10.5 Å². The third-order valence-electron chi connectivity index (χ3n) is 6.71. The van der Waals surface area contributed by atoms with E-state index in [-0.39, 0.29) is 11.8 Å². The number of hydrogen-bond acceptors (Lipinski definition) is 4. The third-order valence-corrected chi connectivity index (χ3v) is 6.71. The molecule has 1 aliphatic rings. The molecule has 3 aromatic heterocycles. The van der Waals surface area contributed by atoms with E-state index in [1.807, 2.05) is 63.4 Å². The Labute approximate surface area is 206 Å². The maximum atomic E-state index is 13.9. The van der Waals surface area contributed by atoms with E-state index >= 15 is 0 Å². The minimum atomic E-state index is -1.19. The lowest BCUT2D eigenvalue weighted by molar-refractivity contribution is 0.102. The van der Waals surface area contributed by atoms with Crippen molar-refractivity contribution in [3.05, 3.63) is 65.7 Å². The number of carboxylic acid groups (broad SMARTS) is 1. The summed E-state index contributed by atoms with van der Waals surface area (Å²) in [6.45, 7) is 5.68. The number of nitrogens with zero attached hydrogens (tertiary/aromatic N) is 3. The molecule has 6 rings (SSSR count). The molecule has 182 valence electrons. The van der Waals surface area contributed by atoms with Crippen molar-refractivity contribution >= 4 is 39.5 Å². The number of benzene rings is 2. The van der Waals surface area contributed by atoms with E-state index in [0.717, 1.165) is 50.5 Å². The van der Waals surface area contributed by atoms with E-state index in [2.05, 4.69) is 25.6 Å². The average Bonchev–Trinajstić information content (AvgIpc) is 3.24. The summed E-state index contributed by atoms with van der Waals surface area (Å²) in [5.41, 5.74) is 5.04. The van der Waals surface area contributed by atoms with Gasteiger partial charge in [0.25, 0.3) is 5.91 Å². The van der Waals surface area contributed by atoms with Crippen molar-refractivity contribution < 1.29 is 14.7 Å². The smallest absolute Gasteiger partial charge is 0.432 e. The highest BCUT2D eigenvalue weighted by atomic mass is 16.4. The molecule has 0 aliphatic heterocycles. The molecule has 0 spiro atoms. The summed E-state index contributed by atoms with van der Waals surface area (Å²) in [5.74, 6) is -0.271. The second kappa shape index (κ2) is 7.81. The van der Waals surface area contributed by atoms with Crippen LogP contribution in [0.5, 0.6) is 0 Å². The minimum Gasteiger partial charge on any atom is -0.463 e. The molecule has 0 unspecified atom stereocenters. The van der Waals surface area contributed by atoms with Crippen molar-refractivity contribution in [1.82, 2.24) is 25.0 Å². The highest BCUT2D eigenvalue weighted by molar-refractivity contribution is 6.12. The zero-order chi connectivity index (χ0) is 25.2. The molecule has 1 saturated carbocycles. The maximum absolute atomic E-state index is 13.9. The fraction of sp³-hybridized carbons (Fsp3) is 0.259. The summed E-state index contributed by atoms with van der Waals surface area (Å²) < 4.78 is 0.971. The first-order chi connectivity index (χ1) is 17.2. The second-order valence-corrected chi connectivity index (χ2v) is 10.4.